The third-order valence-electron chi connectivity index (χ3n) is 3.69. The fourth-order valence-corrected chi connectivity index (χ4v) is 2.54. The Labute approximate surface area is 134 Å². The third-order valence-corrected chi connectivity index (χ3v) is 3.69. The monoisotopic (exact) mass is 317 g/mol. The summed E-state index contributed by atoms with van der Waals surface area (Å²) in [5.41, 5.74) is 6.18. The Bertz CT molecular complexity index is 729. The van der Waals surface area contributed by atoms with Crippen LogP contribution < -0.4 is 15.8 Å². The number of nitrogens with zero attached hydrogens (tertiary/aromatic N) is 3. The van der Waals surface area contributed by atoms with Crippen molar-refractivity contribution < 1.29 is 9.13 Å². The van der Waals surface area contributed by atoms with Crippen LogP contribution in [0, 0.1) is 6.92 Å². The third kappa shape index (κ3) is 3.33. The molecule has 2 aromatic rings. The van der Waals surface area contributed by atoms with E-state index in [1.54, 1.807) is 0 Å². The number of benzene rings is 1. The van der Waals surface area contributed by atoms with Gasteiger partial charge in [-0.3, -0.25) is 0 Å². The average molecular weight is 317 g/mol. The van der Waals surface area contributed by atoms with Crippen LogP contribution in [-0.2, 0) is 5.67 Å². The number of aryl methyl sites for hydroxylation is 1. The Kier molecular flexibility index (Phi) is 3.79. The number of aromatic nitrogens is 3. The zero-order chi connectivity index (χ0) is 16.6. The van der Waals surface area contributed by atoms with Gasteiger partial charge in [-0.15, -0.1) is 0 Å². The van der Waals surface area contributed by atoms with Crippen LogP contribution in [0.5, 0.6) is 5.75 Å². The van der Waals surface area contributed by atoms with Crippen molar-refractivity contribution in [2.24, 2.45) is 0 Å². The van der Waals surface area contributed by atoms with Crippen molar-refractivity contribution in [2.75, 3.05) is 17.7 Å². The van der Waals surface area contributed by atoms with Crippen molar-refractivity contribution in [1.82, 2.24) is 15.0 Å². The van der Waals surface area contributed by atoms with Gasteiger partial charge >= 0.3 is 0 Å². The lowest BCUT2D eigenvalue weighted by atomic mass is 9.99. The number of hydrogen-bond acceptors (Lipinski definition) is 6. The lowest BCUT2D eigenvalue weighted by molar-refractivity contribution is 0.206. The molecule has 2 heterocycles. The zero-order valence-corrected chi connectivity index (χ0v) is 13.4. The van der Waals surface area contributed by atoms with Crippen LogP contribution in [0.3, 0.4) is 0 Å². The Morgan fingerprint density at radius 1 is 1.30 bits per heavy atom. The number of alkyl halides is 1. The van der Waals surface area contributed by atoms with Gasteiger partial charge in [-0.1, -0.05) is 17.7 Å². The van der Waals surface area contributed by atoms with Gasteiger partial charge in [-0.05, 0) is 26.8 Å². The van der Waals surface area contributed by atoms with Crippen molar-refractivity contribution in [3.05, 3.63) is 35.2 Å². The summed E-state index contributed by atoms with van der Waals surface area (Å²) < 4.78 is 19.8. The van der Waals surface area contributed by atoms with E-state index in [4.69, 9.17) is 10.5 Å². The number of nitrogens with one attached hydrogen (secondary N) is 1. The van der Waals surface area contributed by atoms with Gasteiger partial charge in [-0.2, -0.15) is 15.0 Å². The van der Waals surface area contributed by atoms with Crippen LogP contribution in [0.1, 0.15) is 43.3 Å². The molecule has 3 N–H and O–H groups in total. The Hall–Kier alpha value is -2.44. The van der Waals surface area contributed by atoms with Gasteiger partial charge in [-0.25, -0.2) is 4.39 Å². The Morgan fingerprint density at radius 2 is 2.09 bits per heavy atom. The van der Waals surface area contributed by atoms with Crippen molar-refractivity contribution in [1.29, 1.82) is 0 Å². The quantitative estimate of drug-likeness (QED) is 0.905. The van der Waals surface area contributed by atoms with E-state index in [-0.39, 0.29) is 23.8 Å². The summed E-state index contributed by atoms with van der Waals surface area (Å²) >= 11 is 0. The van der Waals surface area contributed by atoms with Gasteiger partial charge in [0.15, 0.2) is 11.5 Å². The van der Waals surface area contributed by atoms with E-state index in [0.29, 0.717) is 6.61 Å². The molecule has 122 valence electrons. The van der Waals surface area contributed by atoms with Gasteiger partial charge in [0.05, 0.1) is 12.6 Å². The molecule has 0 saturated heterocycles. The van der Waals surface area contributed by atoms with Crippen LogP contribution in [0.2, 0.25) is 0 Å². The fraction of sp³-hybridized carbons (Fsp3) is 0.438. The molecule has 0 spiro atoms. The number of nitrogen functional groups attached to an aromatic ring is 1. The molecule has 1 aliphatic heterocycles. The SMILES string of the molecule is Cc1ccc2c(c1)C(Nc1nc(N)nc(C(C)(C)F)n1)CCO2. The van der Waals surface area contributed by atoms with E-state index >= 15 is 0 Å². The minimum atomic E-state index is -1.68. The number of hydrogen-bond donors (Lipinski definition) is 2. The predicted octanol–water partition coefficient (Wildman–Crippen LogP) is 2.90. The topological polar surface area (TPSA) is 86.0 Å². The molecule has 1 atom stereocenters. The minimum absolute atomic E-state index is 0.000231. The van der Waals surface area contributed by atoms with Gasteiger partial charge < -0.3 is 15.8 Å². The molecule has 1 aromatic heterocycles. The van der Waals surface area contributed by atoms with Gasteiger partial charge in [0.2, 0.25) is 11.9 Å². The number of anilines is 2. The van der Waals surface area contributed by atoms with E-state index in [0.717, 1.165) is 23.3 Å². The van der Waals surface area contributed by atoms with E-state index < -0.39 is 5.67 Å². The van der Waals surface area contributed by atoms with E-state index in [1.165, 1.54) is 13.8 Å². The summed E-state index contributed by atoms with van der Waals surface area (Å²) in [5, 5.41) is 3.23. The van der Waals surface area contributed by atoms with E-state index in [2.05, 4.69) is 26.3 Å². The zero-order valence-electron chi connectivity index (χ0n) is 13.4. The molecule has 1 aromatic carbocycles. The first kappa shape index (κ1) is 15.5. The minimum Gasteiger partial charge on any atom is -0.493 e. The van der Waals surface area contributed by atoms with Gasteiger partial charge in [0.25, 0.3) is 0 Å². The molecule has 7 heteroatoms. The highest BCUT2D eigenvalue weighted by Gasteiger charge is 2.26. The van der Waals surface area contributed by atoms with E-state index in [1.807, 2.05) is 19.1 Å². The number of halogens is 1. The number of ether oxygens (including phenoxy) is 1. The number of rotatable bonds is 3. The van der Waals surface area contributed by atoms with Crippen molar-refractivity contribution in [2.45, 2.75) is 38.9 Å². The molecule has 0 radical (unpaired) electrons. The van der Waals surface area contributed by atoms with Crippen LogP contribution in [0.15, 0.2) is 18.2 Å². The second kappa shape index (κ2) is 5.64. The van der Waals surface area contributed by atoms with Gasteiger partial charge in [0, 0.05) is 12.0 Å². The van der Waals surface area contributed by atoms with Gasteiger partial charge in [0.1, 0.15) is 5.75 Å². The molecule has 0 amide bonds. The van der Waals surface area contributed by atoms with Crippen molar-refractivity contribution in [3.8, 4) is 5.75 Å². The molecule has 0 bridgehead atoms. The Morgan fingerprint density at radius 3 is 2.83 bits per heavy atom. The van der Waals surface area contributed by atoms with E-state index in [9.17, 15) is 4.39 Å². The number of nitrogens with two attached hydrogens (primary N) is 1. The first-order valence-electron chi connectivity index (χ1n) is 7.54. The maximum Gasteiger partial charge on any atom is 0.228 e. The summed E-state index contributed by atoms with van der Waals surface area (Å²) in [4.78, 5) is 12.1. The summed E-state index contributed by atoms with van der Waals surface area (Å²) in [6, 6.07) is 6.01. The van der Waals surface area contributed by atoms with Crippen molar-refractivity contribution in [3.63, 3.8) is 0 Å². The van der Waals surface area contributed by atoms with Crippen LogP contribution in [0.4, 0.5) is 16.3 Å². The standard InChI is InChI=1S/C16H20FN5O/c1-9-4-5-12-10(8-9)11(6-7-23-12)19-15-21-13(16(2,3)17)20-14(18)22-15/h4-5,8,11H,6-7H2,1-3H3,(H3,18,19,20,21,22). The lowest BCUT2D eigenvalue weighted by Crippen LogP contribution is -2.23. The summed E-state index contributed by atoms with van der Waals surface area (Å²) in [5.74, 6) is 1.13. The maximum absolute atomic E-state index is 14.1. The predicted molar refractivity (Wildman–Crippen MR) is 86.0 cm³/mol. The largest absolute Gasteiger partial charge is 0.493 e. The lowest BCUT2D eigenvalue weighted by Gasteiger charge is -2.27. The second-order valence-electron chi connectivity index (χ2n) is 6.19. The molecule has 23 heavy (non-hydrogen) atoms. The maximum atomic E-state index is 14.1. The molecule has 6 nitrogen and oxygen atoms in total. The Balaban J connectivity index is 1.92. The van der Waals surface area contributed by atoms with Crippen molar-refractivity contribution >= 4 is 11.9 Å². The second-order valence-corrected chi connectivity index (χ2v) is 6.19. The molecule has 0 saturated carbocycles. The molecule has 1 aliphatic rings. The molecule has 0 aliphatic carbocycles. The molecule has 1 unspecified atom stereocenters. The normalized spacial score (nSPS) is 17.3. The first-order valence-corrected chi connectivity index (χ1v) is 7.54. The average Bonchev–Trinajstić information content (AvgIpc) is 2.46. The van der Waals surface area contributed by atoms with Crippen LogP contribution in [0.25, 0.3) is 0 Å². The first-order chi connectivity index (χ1) is 10.8. The highest BCUT2D eigenvalue weighted by atomic mass is 19.1. The molecular weight excluding hydrogens is 297 g/mol. The molecular formula is C16H20FN5O. The van der Waals surface area contributed by atoms with Crippen LogP contribution >= 0.6 is 0 Å². The highest BCUT2D eigenvalue weighted by molar-refractivity contribution is 5.45. The smallest absolute Gasteiger partial charge is 0.228 e. The molecule has 3 rings (SSSR count). The summed E-state index contributed by atoms with van der Waals surface area (Å²) in [6.45, 7) is 5.39. The fourth-order valence-electron chi connectivity index (χ4n) is 2.54. The summed E-state index contributed by atoms with van der Waals surface area (Å²) in [6.07, 6.45) is 0.760. The highest BCUT2D eigenvalue weighted by Crippen LogP contribution is 2.34. The van der Waals surface area contributed by atoms with Crippen LogP contribution in [-0.4, -0.2) is 21.6 Å². The molecule has 0 fully saturated rings. The number of fused-ring (bicyclic) bond motifs is 1. The summed E-state index contributed by atoms with van der Waals surface area (Å²) in [7, 11) is 0.